The van der Waals surface area contributed by atoms with Crippen LogP contribution in [0.15, 0.2) is 24.3 Å². The molecule has 1 aromatic rings. The van der Waals surface area contributed by atoms with Gasteiger partial charge in [0.25, 0.3) is 0 Å². The summed E-state index contributed by atoms with van der Waals surface area (Å²) < 4.78 is 1.30. The molecule has 15 heavy (non-hydrogen) atoms. The summed E-state index contributed by atoms with van der Waals surface area (Å²) in [5.41, 5.74) is 1.39. The quantitative estimate of drug-likeness (QED) is 0.758. The Bertz CT molecular complexity index is 286. The second kappa shape index (κ2) is 6.76. The molecule has 0 aliphatic heterocycles. The van der Waals surface area contributed by atoms with E-state index in [1.54, 1.807) is 0 Å². The van der Waals surface area contributed by atoms with Gasteiger partial charge in [-0.1, -0.05) is 12.1 Å². The third kappa shape index (κ3) is 4.74. The fourth-order valence-corrected chi connectivity index (χ4v) is 2.50. The summed E-state index contributed by atoms with van der Waals surface area (Å²) in [5, 5.41) is 0. The maximum absolute atomic E-state index is 2.40. The highest BCUT2D eigenvalue weighted by Crippen LogP contribution is 2.11. The van der Waals surface area contributed by atoms with Gasteiger partial charge in [-0.2, -0.15) is 11.8 Å². The largest absolute Gasteiger partial charge is 0.299 e. The molecule has 0 bridgehead atoms. The van der Waals surface area contributed by atoms with Crippen LogP contribution >= 0.6 is 34.4 Å². The maximum atomic E-state index is 2.40. The van der Waals surface area contributed by atoms with E-state index >= 15 is 0 Å². The first-order valence-electron chi connectivity index (χ1n) is 5.07. The van der Waals surface area contributed by atoms with Crippen LogP contribution in [0.4, 0.5) is 0 Å². The summed E-state index contributed by atoms with van der Waals surface area (Å²) in [5.74, 6) is 1.20. The van der Waals surface area contributed by atoms with Crippen LogP contribution in [0.5, 0.6) is 0 Å². The van der Waals surface area contributed by atoms with Crippen LogP contribution in [0.3, 0.4) is 0 Å². The normalized spacial score (nSPS) is 13.1. The summed E-state index contributed by atoms with van der Waals surface area (Å²) in [6, 6.07) is 9.40. The van der Waals surface area contributed by atoms with E-state index in [0.717, 1.165) is 6.54 Å². The maximum Gasteiger partial charge on any atom is 0.0233 e. The van der Waals surface area contributed by atoms with Gasteiger partial charge >= 0.3 is 0 Å². The Labute approximate surface area is 111 Å². The molecule has 1 aromatic carbocycles. The molecule has 1 unspecified atom stereocenters. The van der Waals surface area contributed by atoms with E-state index in [1.165, 1.54) is 14.9 Å². The van der Waals surface area contributed by atoms with Gasteiger partial charge in [0.05, 0.1) is 0 Å². The van der Waals surface area contributed by atoms with E-state index in [4.69, 9.17) is 0 Å². The lowest BCUT2D eigenvalue weighted by molar-refractivity contribution is 0.270. The molecule has 1 atom stereocenters. The fraction of sp³-hybridized carbons (Fsp3) is 0.500. The zero-order chi connectivity index (χ0) is 11.3. The molecule has 0 saturated heterocycles. The zero-order valence-corrected chi connectivity index (χ0v) is 12.5. The molecule has 0 aliphatic rings. The van der Waals surface area contributed by atoms with Crippen molar-refractivity contribution in [3.63, 3.8) is 0 Å². The minimum atomic E-state index is 0.638. The Hall–Kier alpha value is 0.260. The van der Waals surface area contributed by atoms with Crippen molar-refractivity contribution >= 4 is 34.4 Å². The second-order valence-corrected chi connectivity index (χ2v) is 6.00. The summed E-state index contributed by atoms with van der Waals surface area (Å²) in [7, 11) is 2.19. The van der Waals surface area contributed by atoms with Crippen molar-refractivity contribution in [2.75, 3.05) is 19.1 Å². The number of nitrogens with zero attached hydrogens (tertiary/aromatic N) is 1. The lowest BCUT2D eigenvalue weighted by Gasteiger charge is -2.24. The molecule has 0 N–H and O–H groups in total. The van der Waals surface area contributed by atoms with Crippen molar-refractivity contribution < 1.29 is 0 Å². The van der Waals surface area contributed by atoms with E-state index in [-0.39, 0.29) is 0 Å². The molecule has 3 heteroatoms. The second-order valence-electron chi connectivity index (χ2n) is 3.85. The zero-order valence-electron chi connectivity index (χ0n) is 9.53. The van der Waals surface area contributed by atoms with Crippen LogP contribution in [0.2, 0.25) is 0 Å². The van der Waals surface area contributed by atoms with Crippen LogP contribution in [-0.4, -0.2) is 30.0 Å². The molecule has 0 aliphatic carbocycles. The number of benzene rings is 1. The van der Waals surface area contributed by atoms with Gasteiger partial charge in [-0.3, -0.25) is 4.90 Å². The lowest BCUT2D eigenvalue weighted by Crippen LogP contribution is -2.30. The third-order valence-electron chi connectivity index (χ3n) is 2.51. The van der Waals surface area contributed by atoms with Crippen molar-refractivity contribution in [1.82, 2.24) is 4.90 Å². The number of halogens is 1. The average molecular weight is 335 g/mol. The van der Waals surface area contributed by atoms with Crippen LogP contribution in [0.25, 0.3) is 0 Å². The van der Waals surface area contributed by atoms with E-state index in [0.29, 0.717) is 6.04 Å². The number of thioether (sulfide) groups is 1. The van der Waals surface area contributed by atoms with E-state index in [9.17, 15) is 0 Å². The molecular weight excluding hydrogens is 317 g/mol. The summed E-state index contributed by atoms with van der Waals surface area (Å²) in [6.07, 6.45) is 2.16. The minimum Gasteiger partial charge on any atom is -0.299 e. The summed E-state index contributed by atoms with van der Waals surface area (Å²) >= 11 is 4.25. The SMILES string of the molecule is CSCC(C)N(C)Cc1ccc(I)cc1. The molecule has 0 saturated carbocycles. The number of hydrogen-bond donors (Lipinski definition) is 0. The van der Waals surface area contributed by atoms with Crippen LogP contribution < -0.4 is 0 Å². The molecule has 0 spiro atoms. The summed E-state index contributed by atoms with van der Waals surface area (Å²) in [4.78, 5) is 2.40. The molecular formula is C12H18INS. The molecule has 0 radical (unpaired) electrons. The molecule has 0 heterocycles. The monoisotopic (exact) mass is 335 g/mol. The Morgan fingerprint density at radius 3 is 2.47 bits per heavy atom. The smallest absolute Gasteiger partial charge is 0.0233 e. The van der Waals surface area contributed by atoms with Gasteiger partial charge in [0.15, 0.2) is 0 Å². The van der Waals surface area contributed by atoms with Gasteiger partial charge in [0.2, 0.25) is 0 Å². The van der Waals surface area contributed by atoms with E-state index in [1.807, 2.05) is 11.8 Å². The molecule has 0 aromatic heterocycles. The number of hydrogen-bond acceptors (Lipinski definition) is 2. The average Bonchev–Trinajstić information content (AvgIpc) is 2.22. The van der Waals surface area contributed by atoms with Crippen LogP contribution in [-0.2, 0) is 6.54 Å². The Morgan fingerprint density at radius 1 is 1.33 bits per heavy atom. The molecule has 0 amide bonds. The lowest BCUT2D eigenvalue weighted by atomic mass is 10.2. The van der Waals surface area contributed by atoms with Crippen LogP contribution in [0.1, 0.15) is 12.5 Å². The third-order valence-corrected chi connectivity index (χ3v) is 4.04. The van der Waals surface area contributed by atoms with Crippen molar-refractivity contribution in [2.45, 2.75) is 19.5 Å². The standard InChI is InChI=1S/C12H18INS/c1-10(9-15-3)14(2)8-11-4-6-12(13)7-5-11/h4-7,10H,8-9H2,1-3H3. The van der Waals surface area contributed by atoms with Gasteiger partial charge in [0, 0.05) is 21.9 Å². The van der Waals surface area contributed by atoms with Gasteiger partial charge in [-0.15, -0.1) is 0 Å². The molecule has 1 nitrogen and oxygen atoms in total. The van der Waals surface area contributed by atoms with E-state index in [2.05, 4.69) is 72.0 Å². The minimum absolute atomic E-state index is 0.638. The van der Waals surface area contributed by atoms with Crippen molar-refractivity contribution in [3.05, 3.63) is 33.4 Å². The highest BCUT2D eigenvalue weighted by atomic mass is 127. The summed E-state index contributed by atoms with van der Waals surface area (Å²) in [6.45, 7) is 3.32. The fourth-order valence-electron chi connectivity index (χ4n) is 1.40. The van der Waals surface area contributed by atoms with Crippen molar-refractivity contribution in [3.8, 4) is 0 Å². The van der Waals surface area contributed by atoms with E-state index < -0.39 is 0 Å². The molecule has 1 rings (SSSR count). The first-order valence-corrected chi connectivity index (χ1v) is 7.54. The topological polar surface area (TPSA) is 3.24 Å². The molecule has 84 valence electrons. The van der Waals surface area contributed by atoms with Gasteiger partial charge in [0.1, 0.15) is 0 Å². The first kappa shape index (κ1) is 13.3. The van der Waals surface area contributed by atoms with Crippen molar-refractivity contribution in [1.29, 1.82) is 0 Å². The predicted molar refractivity (Wildman–Crippen MR) is 78.5 cm³/mol. The van der Waals surface area contributed by atoms with Gasteiger partial charge in [-0.25, -0.2) is 0 Å². The van der Waals surface area contributed by atoms with Gasteiger partial charge < -0.3 is 0 Å². The van der Waals surface area contributed by atoms with Crippen LogP contribution in [0, 0.1) is 3.57 Å². The Kier molecular flexibility index (Phi) is 6.00. The van der Waals surface area contributed by atoms with Crippen molar-refractivity contribution in [2.24, 2.45) is 0 Å². The predicted octanol–water partition coefficient (Wildman–Crippen LogP) is 3.47. The van der Waals surface area contributed by atoms with Gasteiger partial charge in [-0.05, 0) is 60.5 Å². The Balaban J connectivity index is 2.50. The first-order chi connectivity index (χ1) is 7.13. The molecule has 0 fully saturated rings. The highest BCUT2D eigenvalue weighted by Gasteiger charge is 2.08. The highest BCUT2D eigenvalue weighted by molar-refractivity contribution is 14.1. The Morgan fingerprint density at radius 2 is 1.93 bits per heavy atom. The number of rotatable bonds is 5.